The Labute approximate surface area is 54.5 Å². The zero-order valence-electron chi connectivity index (χ0n) is 5.37. The zero-order chi connectivity index (χ0) is 7.11. The largest absolute Gasteiger partial charge is 0.478 e. The van der Waals surface area contributed by atoms with Crippen molar-refractivity contribution in [2.75, 3.05) is 0 Å². The lowest BCUT2D eigenvalue weighted by atomic mass is 10.3. The summed E-state index contributed by atoms with van der Waals surface area (Å²) in [5, 5.41) is 8.10. The van der Waals surface area contributed by atoms with Gasteiger partial charge in [-0.2, -0.15) is 0 Å². The van der Waals surface area contributed by atoms with Gasteiger partial charge in [-0.15, -0.1) is 0 Å². The van der Waals surface area contributed by atoms with Crippen LogP contribution in [-0.2, 0) is 4.79 Å². The third-order valence-corrected chi connectivity index (χ3v) is 0.768. The molecule has 0 aromatic rings. The van der Waals surface area contributed by atoms with Gasteiger partial charge in [0.25, 0.3) is 0 Å². The summed E-state index contributed by atoms with van der Waals surface area (Å²) in [7, 11) is 0. The minimum absolute atomic E-state index is 0.697. The summed E-state index contributed by atoms with van der Waals surface area (Å²) >= 11 is 0. The molecule has 0 heterocycles. The Hall–Kier alpha value is -1.05. The molecule has 0 radical (unpaired) electrons. The highest BCUT2D eigenvalue weighted by Gasteiger charge is 1.80. The first-order valence-corrected chi connectivity index (χ1v) is 2.78. The van der Waals surface area contributed by atoms with Crippen LogP contribution in [0.25, 0.3) is 0 Å². The molecule has 9 heavy (non-hydrogen) atoms. The molecule has 50 valence electrons. The van der Waals surface area contributed by atoms with E-state index in [4.69, 9.17) is 5.11 Å². The van der Waals surface area contributed by atoms with Gasteiger partial charge >= 0.3 is 5.97 Å². The summed E-state index contributed by atoms with van der Waals surface area (Å²) in [6.07, 6.45) is 7.21. The number of allylic oxidation sites excluding steroid dienone is 3. The Balaban J connectivity index is 3.36. The maximum Gasteiger partial charge on any atom is 0.327 e. The molecular formula is C7H10O2. The molecule has 0 spiro atoms. The Bertz CT molecular complexity index is 134. The molecule has 0 aliphatic heterocycles. The molecule has 0 saturated heterocycles. The van der Waals surface area contributed by atoms with Gasteiger partial charge in [0.05, 0.1) is 0 Å². The third kappa shape index (κ3) is 6.95. The Kier molecular flexibility index (Phi) is 4.50. The van der Waals surface area contributed by atoms with Crippen LogP contribution >= 0.6 is 0 Å². The van der Waals surface area contributed by atoms with E-state index in [1.807, 2.05) is 19.1 Å². The van der Waals surface area contributed by atoms with E-state index in [0.717, 1.165) is 6.08 Å². The molecule has 0 amide bonds. The highest BCUT2D eigenvalue weighted by atomic mass is 16.4. The lowest BCUT2D eigenvalue weighted by Crippen LogP contribution is -1.84. The van der Waals surface area contributed by atoms with Crippen LogP contribution in [0.3, 0.4) is 0 Å². The Morgan fingerprint density at radius 2 is 2.22 bits per heavy atom. The molecule has 0 atom stereocenters. The summed E-state index contributed by atoms with van der Waals surface area (Å²) in [4.78, 5) is 9.85. The van der Waals surface area contributed by atoms with Crippen molar-refractivity contribution in [2.24, 2.45) is 0 Å². The Morgan fingerprint density at radius 3 is 2.67 bits per heavy atom. The molecule has 0 fully saturated rings. The van der Waals surface area contributed by atoms with Crippen molar-refractivity contribution in [3.63, 3.8) is 0 Å². The van der Waals surface area contributed by atoms with Crippen molar-refractivity contribution in [2.45, 2.75) is 13.3 Å². The fourth-order valence-corrected chi connectivity index (χ4v) is 0.384. The van der Waals surface area contributed by atoms with Crippen molar-refractivity contribution in [3.05, 3.63) is 24.3 Å². The summed E-state index contributed by atoms with van der Waals surface area (Å²) in [6, 6.07) is 0. The molecular weight excluding hydrogens is 116 g/mol. The SMILES string of the molecule is C/C=C/C/C=C/C(=O)O. The van der Waals surface area contributed by atoms with Crippen molar-refractivity contribution >= 4 is 5.97 Å². The summed E-state index contributed by atoms with van der Waals surface area (Å²) in [5.74, 6) is -0.889. The van der Waals surface area contributed by atoms with E-state index in [1.54, 1.807) is 6.08 Å². The number of hydrogen-bond acceptors (Lipinski definition) is 1. The number of carbonyl (C=O) groups is 1. The molecule has 0 aromatic heterocycles. The van der Waals surface area contributed by atoms with Crippen LogP contribution in [0, 0.1) is 0 Å². The molecule has 0 aromatic carbocycles. The smallest absolute Gasteiger partial charge is 0.327 e. The van der Waals surface area contributed by atoms with E-state index in [0.29, 0.717) is 6.42 Å². The second-order valence-corrected chi connectivity index (χ2v) is 1.55. The lowest BCUT2D eigenvalue weighted by molar-refractivity contribution is -0.131. The second-order valence-electron chi connectivity index (χ2n) is 1.55. The van der Waals surface area contributed by atoms with Crippen LogP contribution in [0.1, 0.15) is 13.3 Å². The van der Waals surface area contributed by atoms with Crippen LogP contribution in [0.5, 0.6) is 0 Å². The minimum Gasteiger partial charge on any atom is -0.478 e. The van der Waals surface area contributed by atoms with Gasteiger partial charge in [0, 0.05) is 6.08 Å². The van der Waals surface area contributed by atoms with Crippen molar-refractivity contribution in [3.8, 4) is 0 Å². The van der Waals surface area contributed by atoms with Gasteiger partial charge in [-0.25, -0.2) is 4.79 Å². The van der Waals surface area contributed by atoms with E-state index in [-0.39, 0.29) is 0 Å². The van der Waals surface area contributed by atoms with Gasteiger partial charge in [-0.05, 0) is 13.3 Å². The Morgan fingerprint density at radius 1 is 1.56 bits per heavy atom. The molecule has 0 saturated carbocycles. The number of aliphatic carboxylic acids is 1. The van der Waals surface area contributed by atoms with Gasteiger partial charge in [-0.1, -0.05) is 18.2 Å². The number of rotatable bonds is 3. The quantitative estimate of drug-likeness (QED) is 0.460. The van der Waals surface area contributed by atoms with E-state index < -0.39 is 5.97 Å². The number of carboxylic acid groups (broad SMARTS) is 1. The molecule has 0 aliphatic rings. The fourth-order valence-electron chi connectivity index (χ4n) is 0.384. The molecule has 0 bridgehead atoms. The van der Waals surface area contributed by atoms with Gasteiger partial charge in [0.15, 0.2) is 0 Å². The van der Waals surface area contributed by atoms with Gasteiger partial charge < -0.3 is 5.11 Å². The summed E-state index contributed by atoms with van der Waals surface area (Å²) in [6.45, 7) is 1.90. The highest BCUT2D eigenvalue weighted by molar-refractivity contribution is 5.79. The van der Waals surface area contributed by atoms with Crippen molar-refractivity contribution < 1.29 is 9.90 Å². The second kappa shape index (κ2) is 5.09. The van der Waals surface area contributed by atoms with Gasteiger partial charge in [0.1, 0.15) is 0 Å². The van der Waals surface area contributed by atoms with Crippen molar-refractivity contribution in [1.82, 2.24) is 0 Å². The molecule has 0 rings (SSSR count). The van der Waals surface area contributed by atoms with Crippen molar-refractivity contribution in [1.29, 1.82) is 0 Å². The van der Waals surface area contributed by atoms with Gasteiger partial charge in [-0.3, -0.25) is 0 Å². The van der Waals surface area contributed by atoms with E-state index in [9.17, 15) is 4.79 Å². The van der Waals surface area contributed by atoms with Crippen LogP contribution < -0.4 is 0 Å². The molecule has 2 nitrogen and oxygen atoms in total. The van der Waals surface area contributed by atoms with Gasteiger partial charge in [0.2, 0.25) is 0 Å². The predicted octanol–water partition coefficient (Wildman–Crippen LogP) is 1.59. The standard InChI is InChI=1S/C7H10O2/c1-2-3-4-5-6-7(8)9/h2-3,5-6H,4H2,1H3,(H,8,9)/b3-2+,6-5+. The normalized spacial score (nSPS) is 11.2. The number of hydrogen-bond donors (Lipinski definition) is 1. The zero-order valence-corrected chi connectivity index (χ0v) is 5.37. The summed E-state index contributed by atoms with van der Waals surface area (Å²) in [5.41, 5.74) is 0. The van der Waals surface area contributed by atoms with E-state index in [2.05, 4.69) is 0 Å². The van der Waals surface area contributed by atoms with E-state index >= 15 is 0 Å². The minimum atomic E-state index is -0.889. The first-order valence-electron chi connectivity index (χ1n) is 2.78. The first-order chi connectivity index (χ1) is 4.27. The first kappa shape index (κ1) is 7.95. The molecule has 1 N–H and O–H groups in total. The highest BCUT2D eigenvalue weighted by Crippen LogP contribution is 1.84. The average molecular weight is 126 g/mol. The molecule has 2 heteroatoms. The predicted molar refractivity (Wildman–Crippen MR) is 36.2 cm³/mol. The topological polar surface area (TPSA) is 37.3 Å². The van der Waals surface area contributed by atoms with Crippen LogP contribution in [0.15, 0.2) is 24.3 Å². The maximum absolute atomic E-state index is 9.85. The molecule has 0 unspecified atom stereocenters. The number of carboxylic acids is 1. The van der Waals surface area contributed by atoms with Crippen LogP contribution in [0.2, 0.25) is 0 Å². The average Bonchev–Trinajstić information content (AvgIpc) is 1.80. The van der Waals surface area contributed by atoms with E-state index in [1.165, 1.54) is 0 Å². The third-order valence-electron chi connectivity index (χ3n) is 0.768. The summed E-state index contributed by atoms with van der Waals surface area (Å²) < 4.78 is 0. The monoisotopic (exact) mass is 126 g/mol. The lowest BCUT2D eigenvalue weighted by Gasteiger charge is -1.77. The molecule has 0 aliphatic carbocycles. The fraction of sp³-hybridized carbons (Fsp3) is 0.286. The van der Waals surface area contributed by atoms with Crippen LogP contribution in [-0.4, -0.2) is 11.1 Å². The van der Waals surface area contributed by atoms with Crippen LogP contribution in [0.4, 0.5) is 0 Å². The maximum atomic E-state index is 9.85.